The highest BCUT2D eigenvalue weighted by Crippen LogP contribution is 2.22. The third-order valence-electron chi connectivity index (χ3n) is 3.18. The van der Waals surface area contributed by atoms with Crippen LogP contribution in [0.1, 0.15) is 0 Å². The van der Waals surface area contributed by atoms with Crippen LogP contribution >= 0.6 is 0 Å². The predicted molar refractivity (Wildman–Crippen MR) is 85.2 cm³/mol. The van der Waals surface area contributed by atoms with Gasteiger partial charge in [-0.25, -0.2) is 9.97 Å². The zero-order chi connectivity index (χ0) is 14.5. The standard InChI is InChI=1S/C10H8O.C8H6N2/c11-10-7-3-5-8-4-1-2-6-9(8)10;1-2-4-8-7(3-1)5-9-6-10-8/h1-7,11H;1-6H. The largest absolute Gasteiger partial charge is 0.507 e. The van der Waals surface area contributed by atoms with E-state index in [4.69, 9.17) is 0 Å². The molecule has 0 aliphatic carbocycles. The number of hydrogen-bond acceptors (Lipinski definition) is 3. The summed E-state index contributed by atoms with van der Waals surface area (Å²) in [6.45, 7) is 0. The molecule has 102 valence electrons. The normalized spacial score (nSPS) is 10.1. The Labute approximate surface area is 122 Å². The fraction of sp³-hybridized carbons (Fsp3) is 0. The SMILES string of the molecule is Oc1cccc2ccccc12.c1ccc2ncncc2c1. The first-order valence-electron chi connectivity index (χ1n) is 6.66. The van der Waals surface area contributed by atoms with Gasteiger partial charge in [0.25, 0.3) is 0 Å². The van der Waals surface area contributed by atoms with Crippen molar-refractivity contribution in [2.45, 2.75) is 0 Å². The maximum atomic E-state index is 9.37. The molecule has 0 saturated carbocycles. The molecule has 0 atom stereocenters. The average Bonchev–Trinajstić information content (AvgIpc) is 2.56. The summed E-state index contributed by atoms with van der Waals surface area (Å²) >= 11 is 0. The fourth-order valence-corrected chi connectivity index (χ4v) is 2.13. The Balaban J connectivity index is 0.000000126. The number of aromatic hydroxyl groups is 1. The number of aromatic nitrogens is 2. The van der Waals surface area contributed by atoms with E-state index in [0.29, 0.717) is 5.75 Å². The summed E-state index contributed by atoms with van der Waals surface area (Å²) < 4.78 is 0. The summed E-state index contributed by atoms with van der Waals surface area (Å²) in [5, 5.41) is 12.4. The van der Waals surface area contributed by atoms with Gasteiger partial charge in [0, 0.05) is 17.0 Å². The van der Waals surface area contributed by atoms with Crippen molar-refractivity contribution >= 4 is 21.7 Å². The third kappa shape index (κ3) is 2.98. The highest BCUT2D eigenvalue weighted by molar-refractivity contribution is 5.87. The second-order valence-electron chi connectivity index (χ2n) is 4.58. The van der Waals surface area contributed by atoms with Crippen molar-refractivity contribution in [1.29, 1.82) is 0 Å². The number of hydrogen-bond donors (Lipinski definition) is 1. The van der Waals surface area contributed by atoms with E-state index in [2.05, 4.69) is 9.97 Å². The highest BCUT2D eigenvalue weighted by atomic mass is 16.3. The molecule has 0 aliphatic rings. The van der Waals surface area contributed by atoms with E-state index in [9.17, 15) is 5.11 Å². The van der Waals surface area contributed by atoms with Crippen LogP contribution in [-0.2, 0) is 0 Å². The highest BCUT2D eigenvalue weighted by Gasteiger charge is 1.94. The molecule has 3 nitrogen and oxygen atoms in total. The molecule has 0 aliphatic heterocycles. The third-order valence-corrected chi connectivity index (χ3v) is 3.18. The van der Waals surface area contributed by atoms with Crippen molar-refractivity contribution in [1.82, 2.24) is 9.97 Å². The first-order chi connectivity index (χ1) is 10.3. The number of phenols is 1. The summed E-state index contributed by atoms with van der Waals surface area (Å²) in [6, 6.07) is 21.2. The van der Waals surface area contributed by atoms with Gasteiger partial charge < -0.3 is 5.11 Å². The first kappa shape index (κ1) is 13.1. The molecule has 1 aromatic heterocycles. The van der Waals surface area contributed by atoms with Crippen LogP contribution in [0, 0.1) is 0 Å². The Kier molecular flexibility index (Phi) is 3.74. The smallest absolute Gasteiger partial charge is 0.123 e. The Bertz CT molecular complexity index is 804. The van der Waals surface area contributed by atoms with Gasteiger partial charge in [0.05, 0.1) is 5.52 Å². The van der Waals surface area contributed by atoms with Crippen LogP contribution in [0.15, 0.2) is 79.3 Å². The summed E-state index contributed by atoms with van der Waals surface area (Å²) in [6.07, 6.45) is 3.37. The van der Waals surface area contributed by atoms with Gasteiger partial charge in [-0.1, -0.05) is 54.6 Å². The molecule has 0 fully saturated rings. The lowest BCUT2D eigenvalue weighted by atomic mass is 10.1. The molecule has 1 N–H and O–H groups in total. The van der Waals surface area contributed by atoms with Crippen molar-refractivity contribution in [2.75, 3.05) is 0 Å². The van der Waals surface area contributed by atoms with E-state index in [-0.39, 0.29) is 0 Å². The molecule has 0 unspecified atom stereocenters. The minimum atomic E-state index is 0.350. The van der Waals surface area contributed by atoms with Crippen molar-refractivity contribution in [3.05, 3.63) is 79.3 Å². The molecule has 0 saturated heterocycles. The van der Waals surface area contributed by atoms with E-state index in [1.807, 2.05) is 66.9 Å². The van der Waals surface area contributed by atoms with E-state index < -0.39 is 0 Å². The van der Waals surface area contributed by atoms with Crippen LogP contribution in [0.2, 0.25) is 0 Å². The Morgan fingerprint density at radius 1 is 0.714 bits per heavy atom. The number of fused-ring (bicyclic) bond motifs is 2. The first-order valence-corrected chi connectivity index (χ1v) is 6.66. The molecule has 0 amide bonds. The second kappa shape index (κ2) is 6.01. The maximum Gasteiger partial charge on any atom is 0.123 e. The van der Waals surface area contributed by atoms with Gasteiger partial charge in [-0.2, -0.15) is 0 Å². The number of benzene rings is 3. The summed E-state index contributed by atoms with van der Waals surface area (Å²) in [7, 11) is 0. The minimum absolute atomic E-state index is 0.350. The molecular formula is C18H14N2O. The minimum Gasteiger partial charge on any atom is -0.507 e. The van der Waals surface area contributed by atoms with Crippen molar-refractivity contribution in [2.24, 2.45) is 0 Å². The second-order valence-corrected chi connectivity index (χ2v) is 4.58. The Morgan fingerprint density at radius 2 is 1.43 bits per heavy atom. The number of para-hydroxylation sites is 1. The van der Waals surface area contributed by atoms with Gasteiger partial charge in [0.2, 0.25) is 0 Å². The molecule has 1 heterocycles. The van der Waals surface area contributed by atoms with Gasteiger partial charge in [-0.05, 0) is 17.5 Å². The molecular weight excluding hydrogens is 260 g/mol. The van der Waals surface area contributed by atoms with Crippen LogP contribution in [0.25, 0.3) is 21.7 Å². The van der Waals surface area contributed by atoms with E-state index in [1.54, 1.807) is 12.4 Å². The summed E-state index contributed by atoms with van der Waals surface area (Å²) in [4.78, 5) is 7.97. The number of rotatable bonds is 0. The summed E-state index contributed by atoms with van der Waals surface area (Å²) in [5.74, 6) is 0.350. The molecule has 21 heavy (non-hydrogen) atoms. The van der Waals surface area contributed by atoms with Crippen LogP contribution in [-0.4, -0.2) is 15.1 Å². The zero-order valence-corrected chi connectivity index (χ0v) is 11.3. The quantitative estimate of drug-likeness (QED) is 0.523. The van der Waals surface area contributed by atoms with Crippen LogP contribution in [0.3, 0.4) is 0 Å². The van der Waals surface area contributed by atoms with E-state index >= 15 is 0 Å². The summed E-state index contributed by atoms with van der Waals surface area (Å²) in [5.41, 5.74) is 0.998. The predicted octanol–water partition coefficient (Wildman–Crippen LogP) is 4.18. The van der Waals surface area contributed by atoms with Crippen LogP contribution in [0.4, 0.5) is 0 Å². The van der Waals surface area contributed by atoms with Gasteiger partial charge in [-0.3, -0.25) is 0 Å². The van der Waals surface area contributed by atoms with E-state index in [0.717, 1.165) is 21.7 Å². The molecule has 0 radical (unpaired) electrons. The van der Waals surface area contributed by atoms with Crippen molar-refractivity contribution in [3.8, 4) is 5.75 Å². The fourth-order valence-electron chi connectivity index (χ4n) is 2.13. The topological polar surface area (TPSA) is 46.0 Å². The van der Waals surface area contributed by atoms with Crippen molar-refractivity contribution < 1.29 is 5.11 Å². The lowest BCUT2D eigenvalue weighted by Gasteiger charge is -1.97. The lowest BCUT2D eigenvalue weighted by Crippen LogP contribution is -1.77. The van der Waals surface area contributed by atoms with Gasteiger partial charge >= 0.3 is 0 Å². The average molecular weight is 274 g/mol. The lowest BCUT2D eigenvalue weighted by molar-refractivity contribution is 0.481. The molecule has 4 aromatic rings. The molecule has 3 aromatic carbocycles. The van der Waals surface area contributed by atoms with Crippen molar-refractivity contribution in [3.63, 3.8) is 0 Å². The van der Waals surface area contributed by atoms with Gasteiger partial charge in [0.1, 0.15) is 12.1 Å². The zero-order valence-electron chi connectivity index (χ0n) is 11.3. The van der Waals surface area contributed by atoms with Gasteiger partial charge in [-0.15, -0.1) is 0 Å². The molecule has 3 heteroatoms. The Morgan fingerprint density at radius 3 is 2.24 bits per heavy atom. The monoisotopic (exact) mass is 274 g/mol. The maximum absolute atomic E-state index is 9.37. The van der Waals surface area contributed by atoms with Gasteiger partial charge in [0.15, 0.2) is 0 Å². The molecule has 4 rings (SSSR count). The Hall–Kier alpha value is -2.94. The molecule has 0 spiro atoms. The van der Waals surface area contributed by atoms with Crippen LogP contribution in [0.5, 0.6) is 5.75 Å². The number of nitrogens with zero attached hydrogens (tertiary/aromatic N) is 2. The molecule has 0 bridgehead atoms. The van der Waals surface area contributed by atoms with E-state index in [1.165, 1.54) is 0 Å². The number of phenolic OH excluding ortho intramolecular Hbond substituents is 1. The van der Waals surface area contributed by atoms with Crippen LogP contribution < -0.4 is 0 Å².